The number of ether oxygens (including phenoxy) is 1. The molecule has 6 nitrogen and oxygen atoms in total. The third-order valence-electron chi connectivity index (χ3n) is 3.42. The number of hydrogen-bond acceptors (Lipinski definition) is 5. The van der Waals surface area contributed by atoms with Gasteiger partial charge in [0.05, 0.1) is 25.1 Å². The number of halogens is 6. The van der Waals surface area contributed by atoms with Crippen LogP contribution in [0.5, 0.6) is 0 Å². The van der Waals surface area contributed by atoms with Gasteiger partial charge in [-0.25, -0.2) is 0 Å². The molecule has 0 saturated carbocycles. The quantitative estimate of drug-likeness (QED) is 0.469. The van der Waals surface area contributed by atoms with Crippen LogP contribution in [0.2, 0.25) is 4.24 Å². The number of benzene rings is 2. The second-order valence-electron chi connectivity index (χ2n) is 5.55. The van der Waals surface area contributed by atoms with Crippen molar-refractivity contribution in [2.45, 2.75) is 24.4 Å². The number of rotatable bonds is 5. The summed E-state index contributed by atoms with van der Waals surface area (Å²) in [7, 11) is 1.16. The Bertz CT molecular complexity index is 1190. The van der Waals surface area contributed by atoms with E-state index in [4.69, 9.17) is 16.8 Å². The van der Waals surface area contributed by atoms with Crippen LogP contribution in [0.15, 0.2) is 48.4 Å². The minimum absolute atomic E-state index is 0.278. The molecule has 2 rings (SSSR count). The van der Waals surface area contributed by atoms with Gasteiger partial charge in [-0.2, -0.15) is 26.3 Å². The van der Waals surface area contributed by atoms with E-state index < -0.39 is 82.9 Å². The number of carbonyl (C=O) groups is 2. The first-order chi connectivity index (χ1) is 17.7. The second-order valence-corrected chi connectivity index (χ2v) is 5.55. The van der Waals surface area contributed by atoms with E-state index in [-0.39, 0.29) is 5.56 Å². The molecule has 2 unspecified atom stereocenters. The SMILES string of the molecule is COC(=O)C(N)c1ccc(C(F)(F)F)cc1.[2H]NC([2H])(C(=O)N([2H])[2H])c1c([2H])c([2H])c(C(F)(F)F)c([2H])c1[2H]. The summed E-state index contributed by atoms with van der Waals surface area (Å²) in [5, 5.41) is 0. The minimum Gasteiger partial charge on any atom is -0.468 e. The lowest BCUT2D eigenvalue weighted by Crippen LogP contribution is -2.28. The zero-order valence-corrected chi connectivity index (χ0v) is 15.4. The minimum atomic E-state index is -5.21. The summed E-state index contributed by atoms with van der Waals surface area (Å²) in [5.41, 5.74) is 2.48. The third kappa shape index (κ3) is 7.57. The van der Waals surface area contributed by atoms with Gasteiger partial charge >= 0.3 is 18.3 Å². The predicted octanol–water partition coefficient (Wildman–Crippen LogP) is 3.07. The van der Waals surface area contributed by atoms with Crippen LogP contribution in [0.3, 0.4) is 0 Å². The average Bonchev–Trinajstić information content (AvgIpc) is 2.85. The van der Waals surface area contributed by atoms with Crippen molar-refractivity contribution in [3.05, 3.63) is 70.7 Å². The van der Waals surface area contributed by atoms with Crippen LogP contribution >= 0.6 is 0 Å². The summed E-state index contributed by atoms with van der Waals surface area (Å²) in [6, 6.07) is -6.00. The van der Waals surface area contributed by atoms with Gasteiger partial charge < -0.3 is 21.9 Å². The van der Waals surface area contributed by atoms with Gasteiger partial charge in [-0.1, -0.05) is 24.2 Å². The van der Waals surface area contributed by atoms with E-state index >= 15 is 0 Å². The van der Waals surface area contributed by atoms with E-state index in [0.717, 1.165) is 31.4 Å². The fourth-order valence-electron chi connectivity index (χ4n) is 1.83. The summed E-state index contributed by atoms with van der Waals surface area (Å²) in [5.74, 6) is -2.49. The van der Waals surface area contributed by atoms with Crippen LogP contribution in [0.25, 0.3) is 0 Å². The highest BCUT2D eigenvalue weighted by Gasteiger charge is 2.31. The molecule has 0 saturated heterocycles. The first kappa shape index (κ1) is 15.6. The number of hydrogen-bond donors (Lipinski definition) is 3. The zero-order chi connectivity index (χ0) is 30.7. The molecule has 0 bridgehead atoms. The lowest BCUT2D eigenvalue weighted by Gasteiger charge is -2.11. The van der Waals surface area contributed by atoms with Gasteiger partial charge in [0, 0.05) is 0 Å². The van der Waals surface area contributed by atoms with Gasteiger partial charge in [0.25, 0.3) is 0 Å². The average molecular weight is 459 g/mol. The molecule has 6 N–H and O–H groups in total. The highest BCUT2D eigenvalue weighted by atomic mass is 19.4. The van der Waals surface area contributed by atoms with E-state index in [1.165, 1.54) is 5.73 Å². The molecule has 2 aromatic carbocycles. The maximum atomic E-state index is 12.8. The highest BCUT2D eigenvalue weighted by molar-refractivity contribution is 5.81. The Hall–Kier alpha value is -3.12. The highest BCUT2D eigenvalue weighted by Crippen LogP contribution is 2.30. The molecule has 0 aliphatic rings. The number of esters is 1. The fourth-order valence-corrected chi connectivity index (χ4v) is 1.83. The smallest absolute Gasteiger partial charge is 0.416 e. The molecule has 0 aliphatic heterocycles. The molecule has 0 radical (unpaired) electrons. The van der Waals surface area contributed by atoms with Crippen molar-refractivity contribution in [1.82, 2.24) is 0 Å². The van der Waals surface area contributed by atoms with Crippen molar-refractivity contribution < 1.29 is 51.8 Å². The van der Waals surface area contributed by atoms with Crippen molar-refractivity contribution >= 4 is 11.9 Å². The van der Waals surface area contributed by atoms with Gasteiger partial charge in [-0.15, -0.1) is 0 Å². The summed E-state index contributed by atoms with van der Waals surface area (Å²) < 4.78 is 138. The molecule has 0 heterocycles. The van der Waals surface area contributed by atoms with Crippen LogP contribution in [-0.2, 0) is 26.7 Å². The van der Waals surface area contributed by atoms with Crippen LogP contribution in [0.1, 0.15) is 41.2 Å². The molecule has 31 heavy (non-hydrogen) atoms. The standard InChI is InChI=1S/C10H10F3NO2.C9H9F3N2O/c1-16-9(15)8(14)6-2-4-7(5-3-6)10(11,12)13;10-9(11,12)6-3-1-5(2-4-6)7(13)8(14)15/h2-5,8H,14H2,1H3;1-4,7H,13H2,(H2,14,15)/i;1D,2D,3D,4D,7D/hD3. The Balaban J connectivity index is 0.000000416. The second kappa shape index (κ2) is 10.3. The molecule has 1 amide bonds. The van der Waals surface area contributed by atoms with E-state index in [0.29, 0.717) is 0 Å². The fraction of sp³-hybridized carbons (Fsp3) is 0.263. The van der Waals surface area contributed by atoms with Crippen LogP contribution in [0, 0.1) is 0 Å². The topological polar surface area (TPSA) is 121 Å². The molecule has 2 aromatic rings. The monoisotopic (exact) mass is 459 g/mol. The maximum absolute atomic E-state index is 12.8. The predicted molar refractivity (Wildman–Crippen MR) is 98.0 cm³/mol. The number of primary amides is 1. The summed E-state index contributed by atoms with van der Waals surface area (Å²) in [6.07, 6.45) is -9.61. The number of alkyl halides is 6. The Morgan fingerprint density at radius 3 is 1.87 bits per heavy atom. The lowest BCUT2D eigenvalue weighted by molar-refractivity contribution is -0.142. The van der Waals surface area contributed by atoms with Crippen molar-refractivity contribution in [2.24, 2.45) is 17.2 Å². The van der Waals surface area contributed by atoms with Gasteiger partial charge in [0.2, 0.25) is 5.91 Å². The Morgan fingerprint density at radius 2 is 1.48 bits per heavy atom. The van der Waals surface area contributed by atoms with Gasteiger partial charge in [0.15, 0.2) is 2.82 Å². The van der Waals surface area contributed by atoms with E-state index in [1.807, 2.05) is 0 Å². The third-order valence-corrected chi connectivity index (χ3v) is 3.42. The van der Waals surface area contributed by atoms with E-state index in [1.54, 1.807) is 0 Å². The molecule has 0 aliphatic carbocycles. The normalized spacial score (nSPS) is 17.9. The molecular weight excluding hydrogens is 432 g/mol. The van der Waals surface area contributed by atoms with Crippen molar-refractivity contribution in [3.8, 4) is 0 Å². The zero-order valence-electron chi connectivity index (χ0n) is 23.4. The van der Waals surface area contributed by atoms with E-state index in [9.17, 15) is 35.9 Å². The molecule has 2 atom stereocenters. The van der Waals surface area contributed by atoms with Crippen LogP contribution in [0.4, 0.5) is 26.3 Å². The van der Waals surface area contributed by atoms with Crippen molar-refractivity contribution in [3.63, 3.8) is 0 Å². The van der Waals surface area contributed by atoms with Crippen molar-refractivity contribution in [1.29, 1.82) is 0 Å². The molecular formula is C19H19F6N3O3. The van der Waals surface area contributed by atoms with Gasteiger partial charge in [0.1, 0.15) is 13.5 Å². The summed E-state index contributed by atoms with van der Waals surface area (Å²) >= 11 is 0. The summed E-state index contributed by atoms with van der Waals surface area (Å²) in [6.45, 7) is 0. The van der Waals surface area contributed by atoms with Crippen LogP contribution in [-0.4, -0.2) is 19.0 Å². The molecule has 0 fully saturated rings. The number of nitrogens with two attached hydrogens (primary N) is 3. The number of methoxy groups -OCH3 is 1. The molecule has 0 spiro atoms. The largest absolute Gasteiger partial charge is 0.468 e. The van der Waals surface area contributed by atoms with Crippen molar-refractivity contribution in [2.75, 3.05) is 7.11 Å². The van der Waals surface area contributed by atoms with Gasteiger partial charge in [-0.3, -0.25) is 9.59 Å². The molecule has 12 heteroatoms. The lowest BCUT2D eigenvalue weighted by atomic mass is 10.1. The molecule has 170 valence electrons. The first-order valence-electron chi connectivity index (χ1n) is 11.8. The Labute approximate surface area is 184 Å². The molecule has 0 aromatic heterocycles. The Morgan fingerprint density at radius 1 is 0.968 bits per heavy atom. The van der Waals surface area contributed by atoms with Gasteiger partial charge in [-0.05, 0) is 35.3 Å². The van der Waals surface area contributed by atoms with E-state index in [2.05, 4.69) is 4.74 Å². The summed E-state index contributed by atoms with van der Waals surface area (Å²) in [4.78, 5) is 22.7. The Kier molecular flexibility index (Phi) is 5.18. The number of amides is 1. The number of carbonyl (C=O) groups excluding carboxylic acids is 2. The first-order valence-corrected chi connectivity index (χ1v) is 7.86. The van der Waals surface area contributed by atoms with Crippen LogP contribution < -0.4 is 17.2 Å². The maximum Gasteiger partial charge on any atom is 0.416 e.